The molecule has 2 rings (SSSR count). The Bertz CT molecular complexity index is 626. The number of halogens is 3. The first-order chi connectivity index (χ1) is 8.91. The van der Waals surface area contributed by atoms with Crippen LogP contribution in [0, 0.1) is 25.5 Å². The minimum Gasteiger partial charge on any atom is -0.383 e. The third-order valence-corrected chi connectivity index (χ3v) is 3.69. The molecule has 0 radical (unpaired) electrons. The molecule has 100 valence electrons. The Labute approximate surface area is 119 Å². The van der Waals surface area contributed by atoms with Crippen LogP contribution in [-0.4, -0.2) is 5.11 Å². The monoisotopic (exact) mass is 326 g/mol. The molecule has 2 aromatic rings. The van der Waals surface area contributed by atoms with E-state index in [1.165, 1.54) is 6.07 Å². The summed E-state index contributed by atoms with van der Waals surface area (Å²) in [6.07, 6.45) is -1.32. The summed E-state index contributed by atoms with van der Waals surface area (Å²) in [4.78, 5) is 0. The maximum absolute atomic E-state index is 14.0. The van der Waals surface area contributed by atoms with Crippen LogP contribution in [0.25, 0.3) is 0 Å². The molecule has 0 saturated heterocycles. The molecule has 4 heteroatoms. The molecular formula is C15H13BrF2O. The van der Waals surface area contributed by atoms with Gasteiger partial charge < -0.3 is 5.11 Å². The van der Waals surface area contributed by atoms with Crippen LogP contribution in [0.15, 0.2) is 34.8 Å². The molecule has 0 heterocycles. The van der Waals surface area contributed by atoms with Crippen molar-refractivity contribution in [2.24, 2.45) is 0 Å². The third kappa shape index (κ3) is 2.69. The Kier molecular flexibility index (Phi) is 4.02. The third-order valence-electron chi connectivity index (χ3n) is 3.08. The summed E-state index contributed by atoms with van der Waals surface area (Å²) in [5.74, 6) is -1.53. The fraction of sp³-hybridized carbons (Fsp3) is 0.200. The predicted molar refractivity (Wildman–Crippen MR) is 74.0 cm³/mol. The van der Waals surface area contributed by atoms with Crippen LogP contribution in [0.2, 0.25) is 0 Å². The smallest absolute Gasteiger partial charge is 0.146 e. The fourth-order valence-corrected chi connectivity index (χ4v) is 2.35. The first-order valence-corrected chi connectivity index (χ1v) is 6.59. The van der Waals surface area contributed by atoms with E-state index in [1.54, 1.807) is 13.0 Å². The van der Waals surface area contributed by atoms with E-state index >= 15 is 0 Å². The SMILES string of the molecule is Cc1ccc(C)c(C(O)c2c(F)ccc(Br)c2F)c1. The standard InChI is InChI=1S/C15H13BrF2O/c1-8-3-4-9(2)10(7-8)15(19)13-12(17)6-5-11(16)14(13)18/h3-7,15,19H,1-2H3. The molecule has 0 aliphatic rings. The predicted octanol–water partition coefficient (Wildman–Crippen LogP) is 4.43. The van der Waals surface area contributed by atoms with E-state index in [2.05, 4.69) is 15.9 Å². The average Bonchev–Trinajstić information content (AvgIpc) is 2.37. The van der Waals surface area contributed by atoms with Gasteiger partial charge in [0.2, 0.25) is 0 Å². The normalized spacial score (nSPS) is 12.5. The zero-order valence-corrected chi connectivity index (χ0v) is 12.1. The molecule has 2 aromatic carbocycles. The van der Waals surface area contributed by atoms with Crippen molar-refractivity contribution in [3.63, 3.8) is 0 Å². The van der Waals surface area contributed by atoms with Crippen molar-refractivity contribution in [2.45, 2.75) is 20.0 Å². The molecule has 0 aromatic heterocycles. The molecular weight excluding hydrogens is 314 g/mol. The highest BCUT2D eigenvalue weighted by molar-refractivity contribution is 9.10. The fourth-order valence-electron chi connectivity index (χ4n) is 2.00. The number of benzene rings is 2. The van der Waals surface area contributed by atoms with Crippen molar-refractivity contribution in [2.75, 3.05) is 0 Å². The van der Waals surface area contributed by atoms with Crippen LogP contribution in [0.1, 0.15) is 28.4 Å². The minimum absolute atomic E-state index is 0.133. The van der Waals surface area contributed by atoms with Crippen LogP contribution in [-0.2, 0) is 0 Å². The van der Waals surface area contributed by atoms with E-state index in [0.717, 1.165) is 17.2 Å². The Morgan fingerprint density at radius 2 is 1.79 bits per heavy atom. The van der Waals surface area contributed by atoms with Gasteiger partial charge in [-0.2, -0.15) is 0 Å². The minimum atomic E-state index is -1.32. The highest BCUT2D eigenvalue weighted by Crippen LogP contribution is 2.32. The highest BCUT2D eigenvalue weighted by Gasteiger charge is 2.22. The van der Waals surface area contributed by atoms with Crippen molar-refractivity contribution < 1.29 is 13.9 Å². The Balaban J connectivity index is 2.59. The largest absolute Gasteiger partial charge is 0.383 e. The number of aliphatic hydroxyl groups is 1. The van der Waals surface area contributed by atoms with E-state index in [0.29, 0.717) is 5.56 Å². The Morgan fingerprint density at radius 3 is 2.47 bits per heavy atom. The van der Waals surface area contributed by atoms with Crippen LogP contribution >= 0.6 is 15.9 Å². The van der Waals surface area contributed by atoms with Gasteiger partial charge in [-0.25, -0.2) is 8.78 Å². The summed E-state index contributed by atoms with van der Waals surface area (Å²) in [7, 11) is 0. The summed E-state index contributed by atoms with van der Waals surface area (Å²) in [6, 6.07) is 7.86. The van der Waals surface area contributed by atoms with Gasteiger partial charge in [0.15, 0.2) is 0 Å². The molecule has 19 heavy (non-hydrogen) atoms. The number of aliphatic hydroxyl groups excluding tert-OH is 1. The van der Waals surface area contributed by atoms with Crippen molar-refractivity contribution in [1.82, 2.24) is 0 Å². The molecule has 1 atom stereocenters. The topological polar surface area (TPSA) is 20.2 Å². The van der Waals surface area contributed by atoms with Gasteiger partial charge in [0.1, 0.15) is 17.7 Å². The summed E-state index contributed by atoms with van der Waals surface area (Å²) < 4.78 is 27.9. The van der Waals surface area contributed by atoms with Crippen LogP contribution < -0.4 is 0 Å². The molecule has 0 bridgehead atoms. The molecule has 1 unspecified atom stereocenters. The lowest BCUT2D eigenvalue weighted by Crippen LogP contribution is -2.08. The molecule has 0 fully saturated rings. The van der Waals surface area contributed by atoms with Crippen LogP contribution in [0.4, 0.5) is 8.78 Å². The van der Waals surface area contributed by atoms with Gasteiger partial charge in [0.05, 0.1) is 10.0 Å². The average molecular weight is 327 g/mol. The lowest BCUT2D eigenvalue weighted by atomic mass is 9.95. The van der Waals surface area contributed by atoms with Gasteiger partial charge >= 0.3 is 0 Å². The maximum atomic E-state index is 14.0. The quantitative estimate of drug-likeness (QED) is 0.809. The first-order valence-electron chi connectivity index (χ1n) is 5.80. The summed E-state index contributed by atoms with van der Waals surface area (Å²) in [5.41, 5.74) is 1.89. The van der Waals surface area contributed by atoms with Gasteiger partial charge in [-0.05, 0) is 53.0 Å². The Morgan fingerprint density at radius 1 is 1.11 bits per heavy atom. The van der Waals surface area contributed by atoms with E-state index < -0.39 is 17.7 Å². The number of rotatable bonds is 2. The van der Waals surface area contributed by atoms with Crippen LogP contribution in [0.3, 0.4) is 0 Å². The zero-order chi connectivity index (χ0) is 14.2. The zero-order valence-electron chi connectivity index (χ0n) is 10.5. The molecule has 1 N–H and O–H groups in total. The first kappa shape index (κ1) is 14.2. The molecule has 0 aliphatic heterocycles. The van der Waals surface area contributed by atoms with Crippen molar-refractivity contribution in [1.29, 1.82) is 0 Å². The van der Waals surface area contributed by atoms with Crippen molar-refractivity contribution in [3.8, 4) is 0 Å². The number of aryl methyl sites for hydroxylation is 2. The van der Waals surface area contributed by atoms with E-state index in [4.69, 9.17) is 0 Å². The highest BCUT2D eigenvalue weighted by atomic mass is 79.9. The van der Waals surface area contributed by atoms with Gasteiger partial charge in [0, 0.05) is 0 Å². The van der Waals surface area contributed by atoms with E-state index in [1.807, 2.05) is 19.1 Å². The van der Waals surface area contributed by atoms with E-state index in [-0.39, 0.29) is 10.0 Å². The van der Waals surface area contributed by atoms with E-state index in [9.17, 15) is 13.9 Å². The van der Waals surface area contributed by atoms with Crippen molar-refractivity contribution in [3.05, 3.63) is 68.7 Å². The van der Waals surface area contributed by atoms with Gasteiger partial charge in [-0.15, -0.1) is 0 Å². The maximum Gasteiger partial charge on any atom is 0.146 e. The second-order valence-electron chi connectivity index (χ2n) is 4.52. The van der Waals surface area contributed by atoms with Gasteiger partial charge in [-0.1, -0.05) is 23.8 Å². The van der Waals surface area contributed by atoms with Gasteiger partial charge in [-0.3, -0.25) is 0 Å². The summed E-state index contributed by atoms with van der Waals surface area (Å²) in [6.45, 7) is 3.66. The second-order valence-corrected chi connectivity index (χ2v) is 5.37. The van der Waals surface area contributed by atoms with Gasteiger partial charge in [0.25, 0.3) is 0 Å². The lowest BCUT2D eigenvalue weighted by molar-refractivity contribution is 0.208. The molecule has 0 spiro atoms. The lowest BCUT2D eigenvalue weighted by Gasteiger charge is -2.17. The number of hydrogen-bond acceptors (Lipinski definition) is 1. The molecule has 0 amide bonds. The Hall–Kier alpha value is -1.26. The number of hydrogen-bond donors (Lipinski definition) is 1. The molecule has 0 aliphatic carbocycles. The molecule has 0 saturated carbocycles. The second kappa shape index (κ2) is 5.39. The summed E-state index contributed by atoms with van der Waals surface area (Å²) >= 11 is 3.00. The van der Waals surface area contributed by atoms with Crippen LogP contribution in [0.5, 0.6) is 0 Å². The molecule has 1 nitrogen and oxygen atoms in total. The van der Waals surface area contributed by atoms with Crippen molar-refractivity contribution >= 4 is 15.9 Å². The summed E-state index contributed by atoms with van der Waals surface area (Å²) in [5, 5.41) is 10.3.